The number of H-pyrrole nitrogens is 1. The minimum Gasteiger partial charge on any atom is -0.337 e. The summed E-state index contributed by atoms with van der Waals surface area (Å²) < 4.78 is 0. The lowest BCUT2D eigenvalue weighted by molar-refractivity contribution is 1.27. The van der Waals surface area contributed by atoms with Gasteiger partial charge < -0.3 is 4.98 Å². The first kappa shape index (κ1) is 13.4. The molecule has 0 radical (unpaired) electrons. The van der Waals surface area contributed by atoms with E-state index < -0.39 is 0 Å². The maximum atomic E-state index is 9.40. The normalized spacial score (nSPS) is 11.6. The fraction of sp³-hybridized carbons (Fsp3) is 0.0588. The van der Waals surface area contributed by atoms with Crippen molar-refractivity contribution in [3.05, 3.63) is 64.4 Å². The Morgan fingerprint density at radius 1 is 1.24 bits per heavy atom. The number of aryl methyl sites for hydroxylation is 1. The number of fused-ring (bicyclic) bond motifs is 1. The van der Waals surface area contributed by atoms with Crippen molar-refractivity contribution in [2.45, 2.75) is 6.92 Å². The van der Waals surface area contributed by atoms with Gasteiger partial charge in [-0.2, -0.15) is 5.26 Å². The molecule has 1 N–H and O–H groups in total. The predicted octanol–water partition coefficient (Wildman–Crippen LogP) is 4.59. The summed E-state index contributed by atoms with van der Waals surface area (Å²) in [5.41, 5.74) is 4.13. The van der Waals surface area contributed by atoms with Gasteiger partial charge in [0.2, 0.25) is 0 Å². The van der Waals surface area contributed by atoms with Crippen LogP contribution < -0.4 is 0 Å². The van der Waals surface area contributed by atoms with E-state index >= 15 is 0 Å². The zero-order chi connectivity index (χ0) is 14.8. The second kappa shape index (κ2) is 5.43. The van der Waals surface area contributed by atoms with Crippen molar-refractivity contribution in [1.82, 2.24) is 9.97 Å². The number of aromatic amines is 1. The molecule has 3 nitrogen and oxygen atoms in total. The Morgan fingerprint density at radius 2 is 2.05 bits per heavy atom. The summed E-state index contributed by atoms with van der Waals surface area (Å²) in [4.78, 5) is 7.70. The maximum Gasteiger partial charge on any atom is 0.149 e. The van der Waals surface area contributed by atoms with E-state index in [2.05, 4.69) is 16.0 Å². The monoisotopic (exact) mass is 293 g/mol. The van der Waals surface area contributed by atoms with Gasteiger partial charge in [-0.05, 0) is 36.3 Å². The Morgan fingerprint density at radius 3 is 2.76 bits per heavy atom. The number of rotatable bonds is 2. The molecule has 2 aromatic carbocycles. The van der Waals surface area contributed by atoms with Gasteiger partial charge in [0.05, 0.1) is 16.6 Å². The molecule has 0 unspecified atom stereocenters. The van der Waals surface area contributed by atoms with Gasteiger partial charge in [0.1, 0.15) is 11.9 Å². The number of imidazole rings is 1. The van der Waals surface area contributed by atoms with Crippen molar-refractivity contribution in [2.75, 3.05) is 0 Å². The van der Waals surface area contributed by atoms with Crippen LogP contribution in [0.15, 0.2) is 42.5 Å². The van der Waals surface area contributed by atoms with E-state index in [1.807, 2.05) is 43.3 Å². The molecule has 0 spiro atoms. The average molecular weight is 294 g/mol. The molecule has 1 heterocycles. The van der Waals surface area contributed by atoms with Crippen LogP contribution >= 0.6 is 11.6 Å². The second-order valence-electron chi connectivity index (χ2n) is 4.75. The molecule has 0 bridgehead atoms. The number of hydrogen-bond acceptors (Lipinski definition) is 2. The minimum absolute atomic E-state index is 0.457. The fourth-order valence-corrected chi connectivity index (χ4v) is 2.39. The summed E-state index contributed by atoms with van der Waals surface area (Å²) in [7, 11) is 0. The quantitative estimate of drug-likeness (QED) is 0.703. The van der Waals surface area contributed by atoms with E-state index in [4.69, 9.17) is 11.6 Å². The molecule has 0 atom stereocenters. The summed E-state index contributed by atoms with van der Waals surface area (Å²) in [6.45, 7) is 2.00. The Balaban J connectivity index is 2.13. The third-order valence-corrected chi connectivity index (χ3v) is 3.64. The van der Waals surface area contributed by atoms with E-state index in [1.54, 1.807) is 12.1 Å². The van der Waals surface area contributed by atoms with Crippen molar-refractivity contribution in [1.29, 1.82) is 5.26 Å². The highest BCUT2D eigenvalue weighted by Gasteiger charge is 2.09. The largest absolute Gasteiger partial charge is 0.337 e. The molecule has 0 saturated carbocycles. The van der Waals surface area contributed by atoms with Crippen molar-refractivity contribution in [3.8, 4) is 6.07 Å². The third kappa shape index (κ3) is 2.54. The molecule has 102 valence electrons. The molecule has 4 heteroatoms. The van der Waals surface area contributed by atoms with E-state index in [9.17, 15) is 5.26 Å². The molecule has 3 rings (SSSR count). The lowest BCUT2D eigenvalue weighted by Gasteiger charge is -1.98. The number of hydrogen-bond donors (Lipinski definition) is 1. The SMILES string of the molecule is Cc1cccc2[nH]c(/C(C#N)=C/c3ccccc3Cl)nc12. The van der Waals surface area contributed by atoms with Gasteiger partial charge in [-0.15, -0.1) is 0 Å². The van der Waals surface area contributed by atoms with E-state index in [0.29, 0.717) is 16.4 Å². The molecule has 21 heavy (non-hydrogen) atoms. The van der Waals surface area contributed by atoms with Crippen LogP contribution in [0, 0.1) is 18.3 Å². The van der Waals surface area contributed by atoms with Crippen LogP contribution in [0.5, 0.6) is 0 Å². The molecule has 0 amide bonds. The number of para-hydroxylation sites is 1. The van der Waals surface area contributed by atoms with Gasteiger partial charge in [-0.1, -0.05) is 41.9 Å². The van der Waals surface area contributed by atoms with Crippen LogP contribution in [0.1, 0.15) is 17.0 Å². The van der Waals surface area contributed by atoms with Gasteiger partial charge >= 0.3 is 0 Å². The maximum absolute atomic E-state index is 9.40. The number of benzene rings is 2. The zero-order valence-electron chi connectivity index (χ0n) is 11.4. The highest BCUT2D eigenvalue weighted by Crippen LogP contribution is 2.24. The Hall–Kier alpha value is -2.57. The average Bonchev–Trinajstić information content (AvgIpc) is 2.92. The lowest BCUT2D eigenvalue weighted by atomic mass is 10.1. The van der Waals surface area contributed by atoms with Gasteiger partial charge in [-0.3, -0.25) is 0 Å². The standard InChI is InChI=1S/C17H12ClN3/c1-11-5-4-8-15-16(11)21-17(20-15)13(10-19)9-12-6-2-3-7-14(12)18/h2-9H,1H3,(H,20,21)/b13-9+. The van der Waals surface area contributed by atoms with Crippen molar-refractivity contribution in [2.24, 2.45) is 0 Å². The summed E-state index contributed by atoms with van der Waals surface area (Å²) in [5.74, 6) is 0.557. The summed E-state index contributed by atoms with van der Waals surface area (Å²) in [5, 5.41) is 10.0. The first-order valence-corrected chi connectivity index (χ1v) is 6.89. The number of nitrogens with one attached hydrogen (secondary N) is 1. The number of allylic oxidation sites excluding steroid dienone is 1. The molecule has 0 aliphatic rings. The van der Waals surface area contributed by atoms with Crippen LogP contribution in [0.2, 0.25) is 5.02 Å². The first-order chi connectivity index (χ1) is 10.2. The van der Waals surface area contributed by atoms with Crippen molar-refractivity contribution >= 4 is 34.3 Å². The van der Waals surface area contributed by atoms with Crippen LogP contribution in [0.3, 0.4) is 0 Å². The van der Waals surface area contributed by atoms with Gasteiger partial charge in [0.25, 0.3) is 0 Å². The Bertz CT molecular complexity index is 884. The lowest BCUT2D eigenvalue weighted by Crippen LogP contribution is -1.85. The molecule has 0 fully saturated rings. The third-order valence-electron chi connectivity index (χ3n) is 3.30. The molecular formula is C17H12ClN3. The molecular weight excluding hydrogens is 282 g/mol. The number of halogens is 1. The van der Waals surface area contributed by atoms with E-state index in [1.165, 1.54) is 0 Å². The fourth-order valence-electron chi connectivity index (χ4n) is 2.20. The van der Waals surface area contributed by atoms with Crippen LogP contribution in [0.4, 0.5) is 0 Å². The summed E-state index contributed by atoms with van der Waals surface area (Å²) in [6, 6.07) is 15.5. The summed E-state index contributed by atoms with van der Waals surface area (Å²) >= 11 is 6.13. The van der Waals surface area contributed by atoms with E-state index in [0.717, 1.165) is 22.2 Å². The second-order valence-corrected chi connectivity index (χ2v) is 5.16. The molecule has 0 aliphatic heterocycles. The van der Waals surface area contributed by atoms with Crippen LogP contribution in [-0.4, -0.2) is 9.97 Å². The van der Waals surface area contributed by atoms with E-state index in [-0.39, 0.29) is 0 Å². The van der Waals surface area contributed by atoms with Crippen LogP contribution in [-0.2, 0) is 0 Å². The summed E-state index contributed by atoms with van der Waals surface area (Å²) in [6.07, 6.45) is 1.75. The molecule has 0 aliphatic carbocycles. The molecule has 3 aromatic rings. The topological polar surface area (TPSA) is 52.5 Å². The predicted molar refractivity (Wildman–Crippen MR) is 85.8 cm³/mol. The Labute approximate surface area is 127 Å². The van der Waals surface area contributed by atoms with Gasteiger partial charge in [0.15, 0.2) is 0 Å². The highest BCUT2D eigenvalue weighted by molar-refractivity contribution is 6.32. The van der Waals surface area contributed by atoms with Crippen molar-refractivity contribution < 1.29 is 0 Å². The molecule has 1 aromatic heterocycles. The number of nitriles is 1. The Kier molecular flexibility index (Phi) is 3.47. The minimum atomic E-state index is 0.457. The van der Waals surface area contributed by atoms with Crippen molar-refractivity contribution in [3.63, 3.8) is 0 Å². The number of aromatic nitrogens is 2. The van der Waals surface area contributed by atoms with Gasteiger partial charge in [-0.25, -0.2) is 4.98 Å². The first-order valence-electron chi connectivity index (χ1n) is 6.51. The van der Waals surface area contributed by atoms with Crippen LogP contribution in [0.25, 0.3) is 22.7 Å². The van der Waals surface area contributed by atoms with Gasteiger partial charge in [0, 0.05) is 5.02 Å². The highest BCUT2D eigenvalue weighted by atomic mass is 35.5. The smallest absolute Gasteiger partial charge is 0.149 e. The number of nitrogens with zero attached hydrogens (tertiary/aromatic N) is 2. The molecule has 0 saturated heterocycles. The zero-order valence-corrected chi connectivity index (χ0v) is 12.1.